The maximum Gasteiger partial charge on any atom is 0.247 e. The van der Waals surface area contributed by atoms with E-state index in [-0.39, 0.29) is 6.04 Å². The Labute approximate surface area is 140 Å². The Hall–Kier alpha value is -2.54. The summed E-state index contributed by atoms with van der Waals surface area (Å²) in [5.41, 5.74) is 2.12. The summed E-state index contributed by atoms with van der Waals surface area (Å²) in [6.07, 6.45) is 3.58. The van der Waals surface area contributed by atoms with Crippen molar-refractivity contribution < 1.29 is 4.42 Å². The quantitative estimate of drug-likeness (QED) is 0.793. The minimum Gasteiger partial charge on any atom is -0.419 e. The summed E-state index contributed by atoms with van der Waals surface area (Å²) < 4.78 is 7.82. The summed E-state index contributed by atoms with van der Waals surface area (Å²) in [6.45, 7) is 4.91. The highest BCUT2D eigenvalue weighted by molar-refractivity contribution is 5.53. The van der Waals surface area contributed by atoms with Gasteiger partial charge in [0.05, 0.1) is 12.6 Å². The van der Waals surface area contributed by atoms with Crippen molar-refractivity contribution in [2.24, 2.45) is 0 Å². The van der Waals surface area contributed by atoms with Gasteiger partial charge in [0.25, 0.3) is 0 Å². The van der Waals surface area contributed by atoms with Gasteiger partial charge in [-0.15, -0.1) is 10.2 Å². The van der Waals surface area contributed by atoms with Crippen LogP contribution in [0, 0.1) is 6.92 Å². The Morgan fingerprint density at radius 3 is 3.12 bits per heavy atom. The van der Waals surface area contributed by atoms with Crippen molar-refractivity contribution in [2.75, 3.05) is 0 Å². The number of aromatic nitrogens is 5. The van der Waals surface area contributed by atoms with Gasteiger partial charge in [0.15, 0.2) is 0 Å². The lowest BCUT2D eigenvalue weighted by atomic mass is 10.1. The van der Waals surface area contributed by atoms with Crippen molar-refractivity contribution in [2.45, 2.75) is 45.3 Å². The molecule has 0 fully saturated rings. The fourth-order valence-electron chi connectivity index (χ4n) is 3.10. The summed E-state index contributed by atoms with van der Waals surface area (Å²) >= 11 is 0. The van der Waals surface area contributed by atoms with E-state index in [1.807, 2.05) is 42.8 Å². The first-order valence-corrected chi connectivity index (χ1v) is 8.22. The second-order valence-corrected chi connectivity index (χ2v) is 6.30. The molecule has 0 radical (unpaired) electrons. The topological polar surface area (TPSA) is 81.7 Å². The largest absolute Gasteiger partial charge is 0.419 e. The first-order valence-electron chi connectivity index (χ1n) is 8.22. The zero-order valence-corrected chi connectivity index (χ0v) is 13.8. The molecule has 2 atom stereocenters. The Balaban J connectivity index is 1.45. The lowest BCUT2D eigenvalue weighted by Gasteiger charge is -2.25. The highest BCUT2D eigenvalue weighted by Gasteiger charge is 2.23. The van der Waals surface area contributed by atoms with Gasteiger partial charge in [0.1, 0.15) is 12.2 Å². The molecule has 1 N–H and O–H groups in total. The molecule has 0 spiro atoms. The van der Waals surface area contributed by atoms with Gasteiger partial charge in [-0.25, -0.2) is 9.67 Å². The van der Waals surface area contributed by atoms with Crippen LogP contribution in [0.5, 0.6) is 0 Å². The molecule has 124 valence electrons. The van der Waals surface area contributed by atoms with E-state index in [0.717, 1.165) is 30.8 Å². The zero-order valence-electron chi connectivity index (χ0n) is 13.8. The van der Waals surface area contributed by atoms with E-state index >= 15 is 0 Å². The predicted molar refractivity (Wildman–Crippen MR) is 88.2 cm³/mol. The maximum atomic E-state index is 5.86. The van der Waals surface area contributed by atoms with E-state index < -0.39 is 0 Å². The third kappa shape index (κ3) is 2.94. The van der Waals surface area contributed by atoms with Crippen LogP contribution in [0.2, 0.25) is 0 Å². The predicted octanol–water partition coefficient (Wildman–Crippen LogP) is 2.30. The second kappa shape index (κ2) is 6.16. The number of nitrogens with one attached hydrogen (secondary N) is 1. The highest BCUT2D eigenvalue weighted by Crippen LogP contribution is 2.22. The van der Waals surface area contributed by atoms with Crippen LogP contribution < -0.4 is 5.32 Å². The lowest BCUT2D eigenvalue weighted by molar-refractivity contribution is 0.310. The molecule has 0 saturated carbocycles. The summed E-state index contributed by atoms with van der Waals surface area (Å²) in [7, 11) is 0. The molecule has 0 bridgehead atoms. The molecule has 2 aromatic heterocycles. The average molecular weight is 324 g/mol. The van der Waals surface area contributed by atoms with Crippen molar-refractivity contribution in [1.82, 2.24) is 30.3 Å². The number of benzene rings is 1. The molecule has 3 heterocycles. The SMILES string of the molecule is Cc1cccc(-c2nnc(C(C)NC3CCc4ncnn4C3)o2)c1. The van der Waals surface area contributed by atoms with Crippen molar-refractivity contribution in [3.05, 3.63) is 47.9 Å². The number of fused-ring (bicyclic) bond motifs is 1. The first kappa shape index (κ1) is 15.0. The van der Waals surface area contributed by atoms with Crippen LogP contribution >= 0.6 is 0 Å². The van der Waals surface area contributed by atoms with Crippen LogP contribution in [0.25, 0.3) is 11.5 Å². The van der Waals surface area contributed by atoms with Gasteiger partial charge in [-0.1, -0.05) is 17.7 Å². The molecule has 7 nitrogen and oxygen atoms in total. The van der Waals surface area contributed by atoms with Crippen molar-refractivity contribution in [3.63, 3.8) is 0 Å². The molecule has 1 aliphatic rings. The van der Waals surface area contributed by atoms with Gasteiger partial charge < -0.3 is 9.73 Å². The summed E-state index contributed by atoms with van der Waals surface area (Å²) in [5.74, 6) is 2.22. The van der Waals surface area contributed by atoms with Gasteiger partial charge in [-0.3, -0.25) is 0 Å². The Kier molecular flexibility index (Phi) is 3.86. The van der Waals surface area contributed by atoms with E-state index in [2.05, 4.69) is 25.6 Å². The van der Waals surface area contributed by atoms with E-state index in [1.54, 1.807) is 6.33 Å². The third-order valence-electron chi connectivity index (χ3n) is 4.37. The van der Waals surface area contributed by atoms with Gasteiger partial charge in [0, 0.05) is 18.0 Å². The molecule has 1 aliphatic heterocycles. The van der Waals surface area contributed by atoms with Crippen LogP contribution in [-0.4, -0.2) is 31.0 Å². The van der Waals surface area contributed by atoms with Crippen LogP contribution in [0.1, 0.15) is 36.7 Å². The normalized spacial score (nSPS) is 18.3. The van der Waals surface area contributed by atoms with E-state index in [1.165, 1.54) is 5.56 Å². The van der Waals surface area contributed by atoms with Gasteiger partial charge >= 0.3 is 0 Å². The minimum absolute atomic E-state index is 0.00821. The maximum absolute atomic E-state index is 5.86. The zero-order chi connectivity index (χ0) is 16.5. The Morgan fingerprint density at radius 1 is 1.33 bits per heavy atom. The van der Waals surface area contributed by atoms with Crippen molar-refractivity contribution in [1.29, 1.82) is 0 Å². The number of nitrogens with zero attached hydrogens (tertiary/aromatic N) is 5. The third-order valence-corrected chi connectivity index (χ3v) is 4.37. The molecule has 0 saturated heterocycles. The lowest BCUT2D eigenvalue weighted by Crippen LogP contribution is -2.39. The van der Waals surface area contributed by atoms with E-state index in [4.69, 9.17) is 4.42 Å². The Bertz CT molecular complexity index is 839. The minimum atomic E-state index is -0.00821. The fourth-order valence-corrected chi connectivity index (χ4v) is 3.10. The molecule has 7 heteroatoms. The standard InChI is InChI=1S/C17H20N6O/c1-11-4-3-5-13(8-11)17-22-21-16(24-17)12(2)20-14-6-7-15-18-10-19-23(15)9-14/h3-5,8,10,12,14,20H,6-7,9H2,1-2H3. The highest BCUT2D eigenvalue weighted by atomic mass is 16.4. The first-order chi connectivity index (χ1) is 11.7. The van der Waals surface area contributed by atoms with Gasteiger partial charge in [-0.2, -0.15) is 5.10 Å². The number of hydrogen-bond donors (Lipinski definition) is 1. The molecule has 0 amide bonds. The average Bonchev–Trinajstić information content (AvgIpc) is 3.24. The molecular formula is C17H20N6O. The molecule has 3 aromatic rings. The fraction of sp³-hybridized carbons (Fsp3) is 0.412. The van der Waals surface area contributed by atoms with E-state index in [0.29, 0.717) is 17.8 Å². The Morgan fingerprint density at radius 2 is 2.25 bits per heavy atom. The molecular weight excluding hydrogens is 304 g/mol. The molecule has 1 aromatic carbocycles. The molecule has 4 rings (SSSR count). The van der Waals surface area contributed by atoms with Crippen LogP contribution in [0.4, 0.5) is 0 Å². The smallest absolute Gasteiger partial charge is 0.247 e. The van der Waals surface area contributed by atoms with Crippen molar-refractivity contribution in [3.8, 4) is 11.5 Å². The van der Waals surface area contributed by atoms with E-state index in [9.17, 15) is 0 Å². The molecule has 24 heavy (non-hydrogen) atoms. The molecule has 0 aliphatic carbocycles. The van der Waals surface area contributed by atoms with Crippen LogP contribution in [0.3, 0.4) is 0 Å². The number of aryl methyl sites for hydroxylation is 2. The van der Waals surface area contributed by atoms with Gasteiger partial charge in [0.2, 0.25) is 11.8 Å². The number of hydrogen-bond acceptors (Lipinski definition) is 6. The van der Waals surface area contributed by atoms with Gasteiger partial charge in [-0.05, 0) is 32.4 Å². The summed E-state index contributed by atoms with van der Waals surface area (Å²) in [4.78, 5) is 4.26. The second-order valence-electron chi connectivity index (χ2n) is 6.30. The van der Waals surface area contributed by atoms with Crippen LogP contribution in [-0.2, 0) is 13.0 Å². The van der Waals surface area contributed by atoms with Crippen LogP contribution in [0.15, 0.2) is 35.0 Å². The van der Waals surface area contributed by atoms with Crippen molar-refractivity contribution >= 4 is 0 Å². The molecule has 2 unspecified atom stereocenters. The summed E-state index contributed by atoms with van der Waals surface area (Å²) in [5, 5.41) is 16.2. The number of rotatable bonds is 4. The summed E-state index contributed by atoms with van der Waals surface area (Å²) in [6, 6.07) is 8.38. The monoisotopic (exact) mass is 324 g/mol.